The number of ether oxygens (including phenoxy) is 2. The summed E-state index contributed by atoms with van der Waals surface area (Å²) in [5.74, 6) is -1.35. The van der Waals surface area contributed by atoms with Crippen molar-refractivity contribution in [3.63, 3.8) is 0 Å². The normalized spacial score (nSPS) is 18.7. The Labute approximate surface area is 159 Å². The minimum atomic E-state index is -1.72. The van der Waals surface area contributed by atoms with E-state index in [-0.39, 0.29) is 0 Å². The molecule has 2 aromatic rings. The number of hydrogen-bond acceptors (Lipinski definition) is 5. The van der Waals surface area contributed by atoms with Crippen molar-refractivity contribution >= 4 is 18.2 Å². The second-order valence-corrected chi connectivity index (χ2v) is 7.16. The van der Waals surface area contributed by atoms with Gasteiger partial charge in [0.05, 0.1) is 14.2 Å². The third-order valence-corrected chi connectivity index (χ3v) is 5.46. The molecule has 140 valence electrons. The van der Waals surface area contributed by atoms with Crippen LogP contribution in [0.5, 0.6) is 0 Å². The Morgan fingerprint density at radius 3 is 1.56 bits per heavy atom. The first kappa shape index (κ1) is 18.8. The van der Waals surface area contributed by atoms with E-state index in [9.17, 15) is 9.59 Å². The SMILES string of the molecule is COC(=O)C1(C(=O)OC)C(C)(C)C=NC1(c1ccccc1)c1ccccc1. The van der Waals surface area contributed by atoms with Crippen molar-refractivity contribution in [1.29, 1.82) is 0 Å². The summed E-state index contributed by atoms with van der Waals surface area (Å²) in [6.07, 6.45) is 1.67. The highest BCUT2D eigenvalue weighted by atomic mass is 16.5. The van der Waals surface area contributed by atoms with E-state index in [1.54, 1.807) is 20.1 Å². The van der Waals surface area contributed by atoms with Gasteiger partial charge in [0.2, 0.25) is 5.41 Å². The lowest BCUT2D eigenvalue weighted by Crippen LogP contribution is -2.61. The highest BCUT2D eigenvalue weighted by Gasteiger charge is 2.74. The predicted octanol–water partition coefficient (Wildman–Crippen LogP) is 3.37. The maximum absolute atomic E-state index is 13.3. The zero-order valence-corrected chi connectivity index (χ0v) is 15.9. The summed E-state index contributed by atoms with van der Waals surface area (Å²) in [5, 5.41) is 0. The minimum absolute atomic E-state index is 0.676. The Morgan fingerprint density at radius 1 is 0.778 bits per heavy atom. The molecule has 27 heavy (non-hydrogen) atoms. The number of carbonyl (C=O) groups is 2. The summed E-state index contributed by atoms with van der Waals surface area (Å²) in [5.41, 5.74) is -2.53. The van der Waals surface area contributed by atoms with Gasteiger partial charge in [-0.15, -0.1) is 0 Å². The van der Waals surface area contributed by atoms with E-state index in [0.29, 0.717) is 11.1 Å². The van der Waals surface area contributed by atoms with Crippen LogP contribution in [0.4, 0.5) is 0 Å². The van der Waals surface area contributed by atoms with Crippen molar-refractivity contribution in [1.82, 2.24) is 0 Å². The zero-order valence-electron chi connectivity index (χ0n) is 15.9. The molecule has 0 spiro atoms. The van der Waals surface area contributed by atoms with Gasteiger partial charge in [-0.2, -0.15) is 0 Å². The van der Waals surface area contributed by atoms with Crippen molar-refractivity contribution in [3.05, 3.63) is 71.8 Å². The molecule has 0 bridgehead atoms. The molecular weight excluding hydrogens is 342 g/mol. The second-order valence-electron chi connectivity index (χ2n) is 7.16. The van der Waals surface area contributed by atoms with Crippen LogP contribution in [0.3, 0.4) is 0 Å². The summed E-state index contributed by atoms with van der Waals surface area (Å²) in [6.45, 7) is 3.61. The van der Waals surface area contributed by atoms with Crippen LogP contribution in [-0.2, 0) is 24.6 Å². The Hall–Kier alpha value is -2.95. The van der Waals surface area contributed by atoms with Gasteiger partial charge in [0.25, 0.3) is 0 Å². The summed E-state index contributed by atoms with van der Waals surface area (Å²) >= 11 is 0. The lowest BCUT2D eigenvalue weighted by molar-refractivity contribution is -0.180. The van der Waals surface area contributed by atoms with Crippen LogP contribution in [0.1, 0.15) is 25.0 Å². The molecule has 0 aliphatic carbocycles. The summed E-state index contributed by atoms with van der Waals surface area (Å²) in [6, 6.07) is 18.7. The molecule has 2 aromatic carbocycles. The van der Waals surface area contributed by atoms with Crippen LogP contribution in [0.25, 0.3) is 0 Å². The second kappa shape index (κ2) is 6.65. The van der Waals surface area contributed by atoms with Crippen LogP contribution >= 0.6 is 0 Å². The van der Waals surface area contributed by atoms with Gasteiger partial charge in [0.15, 0.2) is 0 Å². The van der Waals surface area contributed by atoms with Crippen molar-refractivity contribution < 1.29 is 19.1 Å². The number of methoxy groups -OCH3 is 2. The Balaban J connectivity index is 2.50. The molecule has 1 aliphatic heterocycles. The molecule has 0 aromatic heterocycles. The molecule has 0 saturated carbocycles. The first-order chi connectivity index (χ1) is 12.9. The van der Waals surface area contributed by atoms with Crippen LogP contribution < -0.4 is 0 Å². The molecule has 0 radical (unpaired) electrons. The van der Waals surface area contributed by atoms with E-state index in [2.05, 4.69) is 0 Å². The lowest BCUT2D eigenvalue weighted by atomic mass is 9.54. The van der Waals surface area contributed by atoms with E-state index in [4.69, 9.17) is 14.5 Å². The van der Waals surface area contributed by atoms with Crippen LogP contribution in [0.15, 0.2) is 65.7 Å². The van der Waals surface area contributed by atoms with Gasteiger partial charge in [-0.05, 0) is 11.1 Å². The van der Waals surface area contributed by atoms with E-state index in [1.165, 1.54) is 14.2 Å². The average Bonchev–Trinajstić information content (AvgIpc) is 2.97. The van der Waals surface area contributed by atoms with Gasteiger partial charge in [0.1, 0.15) is 5.54 Å². The molecule has 0 amide bonds. The van der Waals surface area contributed by atoms with Crippen molar-refractivity contribution in [2.45, 2.75) is 19.4 Å². The first-order valence-corrected chi connectivity index (χ1v) is 8.72. The van der Waals surface area contributed by atoms with Gasteiger partial charge in [-0.3, -0.25) is 14.6 Å². The van der Waals surface area contributed by atoms with Crippen LogP contribution in [-0.4, -0.2) is 32.4 Å². The van der Waals surface area contributed by atoms with Gasteiger partial charge in [-0.1, -0.05) is 74.5 Å². The Bertz CT molecular complexity index is 816. The fourth-order valence-electron chi connectivity index (χ4n) is 4.24. The number of hydrogen-bond donors (Lipinski definition) is 0. The van der Waals surface area contributed by atoms with Gasteiger partial charge in [0, 0.05) is 11.6 Å². The number of nitrogens with zero attached hydrogens (tertiary/aromatic N) is 1. The lowest BCUT2D eigenvalue weighted by Gasteiger charge is -2.46. The molecule has 1 aliphatic rings. The predicted molar refractivity (Wildman–Crippen MR) is 102 cm³/mol. The third-order valence-electron chi connectivity index (χ3n) is 5.46. The molecule has 3 rings (SSSR count). The first-order valence-electron chi connectivity index (χ1n) is 8.72. The standard InChI is InChI=1S/C22H23NO4/c1-20(2)15-23-22(16-11-7-5-8-12-16,17-13-9-6-10-14-17)21(20,18(24)26-3)19(25)27-4/h5-15H,1-4H3. The zero-order chi connectivity index (χ0) is 19.7. The Morgan fingerprint density at radius 2 is 1.19 bits per heavy atom. The van der Waals surface area contributed by atoms with Crippen LogP contribution in [0, 0.1) is 10.8 Å². The Kier molecular flexibility index (Phi) is 4.64. The third kappa shape index (κ3) is 2.34. The maximum atomic E-state index is 13.3. The minimum Gasteiger partial charge on any atom is -0.468 e. The van der Waals surface area contributed by atoms with Crippen molar-refractivity contribution in [2.24, 2.45) is 15.8 Å². The topological polar surface area (TPSA) is 65.0 Å². The molecule has 0 atom stereocenters. The molecule has 0 fully saturated rings. The molecule has 5 heteroatoms. The highest BCUT2D eigenvalue weighted by molar-refractivity contribution is 6.08. The maximum Gasteiger partial charge on any atom is 0.327 e. The van der Waals surface area contributed by atoms with Crippen molar-refractivity contribution in [3.8, 4) is 0 Å². The summed E-state index contributed by atoms with van der Waals surface area (Å²) < 4.78 is 10.3. The summed E-state index contributed by atoms with van der Waals surface area (Å²) in [7, 11) is 2.56. The monoisotopic (exact) mass is 365 g/mol. The average molecular weight is 365 g/mol. The van der Waals surface area contributed by atoms with E-state index in [1.807, 2.05) is 60.7 Å². The molecular formula is C22H23NO4. The van der Waals surface area contributed by atoms with Gasteiger partial charge in [-0.25, -0.2) is 0 Å². The highest BCUT2D eigenvalue weighted by Crippen LogP contribution is 2.61. The van der Waals surface area contributed by atoms with Crippen molar-refractivity contribution in [2.75, 3.05) is 14.2 Å². The van der Waals surface area contributed by atoms with E-state index in [0.717, 1.165) is 0 Å². The molecule has 5 nitrogen and oxygen atoms in total. The largest absolute Gasteiger partial charge is 0.468 e. The molecule has 0 saturated heterocycles. The number of carbonyl (C=O) groups excluding carboxylic acids is 2. The quantitative estimate of drug-likeness (QED) is 0.615. The van der Waals surface area contributed by atoms with E-state index >= 15 is 0 Å². The number of benzene rings is 2. The van der Waals surface area contributed by atoms with E-state index < -0.39 is 28.3 Å². The fourth-order valence-corrected chi connectivity index (χ4v) is 4.24. The number of esters is 2. The van der Waals surface area contributed by atoms with Gasteiger partial charge < -0.3 is 9.47 Å². The molecule has 1 heterocycles. The molecule has 0 unspecified atom stereocenters. The van der Waals surface area contributed by atoms with Gasteiger partial charge >= 0.3 is 11.9 Å². The number of rotatable bonds is 4. The number of aliphatic imine (C=N–C) groups is 1. The summed E-state index contributed by atoms with van der Waals surface area (Å²) in [4.78, 5) is 31.4. The van der Waals surface area contributed by atoms with Crippen LogP contribution in [0.2, 0.25) is 0 Å². The fraction of sp³-hybridized carbons (Fsp3) is 0.318. The smallest absolute Gasteiger partial charge is 0.327 e. The molecule has 0 N–H and O–H groups in total.